The Kier molecular flexibility index (Phi) is 4.84. The van der Waals surface area contributed by atoms with Gasteiger partial charge < -0.3 is 4.90 Å². The molecule has 0 bridgehead atoms. The molecule has 0 aliphatic rings. The quantitative estimate of drug-likeness (QED) is 0.629. The van der Waals surface area contributed by atoms with Crippen LogP contribution in [-0.4, -0.2) is 27.6 Å². The lowest BCUT2D eigenvalue weighted by Gasteiger charge is -2.14. The summed E-state index contributed by atoms with van der Waals surface area (Å²) >= 11 is 10.9. The number of halogens is 2. The second kappa shape index (κ2) is 6.86. The van der Waals surface area contributed by atoms with Gasteiger partial charge in [-0.15, -0.1) is 11.3 Å². The molecular formula is C16H13BrClN3OS. The number of nitrogens with zero attached hydrogens (tertiary/aromatic N) is 3. The van der Waals surface area contributed by atoms with Crippen molar-refractivity contribution in [3.63, 3.8) is 0 Å². The van der Waals surface area contributed by atoms with Crippen LogP contribution in [0.2, 0.25) is 5.02 Å². The van der Waals surface area contributed by atoms with E-state index in [1.54, 1.807) is 52.5 Å². The molecule has 0 saturated carbocycles. The van der Waals surface area contributed by atoms with Crippen molar-refractivity contribution in [2.75, 3.05) is 7.05 Å². The summed E-state index contributed by atoms with van der Waals surface area (Å²) in [5, 5.41) is 6.92. The first-order chi connectivity index (χ1) is 11.0. The van der Waals surface area contributed by atoms with Crippen molar-refractivity contribution in [1.82, 2.24) is 14.7 Å². The molecule has 2 heterocycles. The molecule has 0 unspecified atom stereocenters. The Balaban J connectivity index is 1.74. The van der Waals surface area contributed by atoms with Gasteiger partial charge in [0.15, 0.2) is 0 Å². The lowest BCUT2D eigenvalue weighted by molar-refractivity contribution is 0.0786. The Bertz CT molecular complexity index is 828. The normalized spacial score (nSPS) is 10.7. The summed E-state index contributed by atoms with van der Waals surface area (Å²) in [6.45, 7) is 0.571. The third kappa shape index (κ3) is 3.83. The predicted molar refractivity (Wildman–Crippen MR) is 96.4 cm³/mol. The maximum Gasteiger partial charge on any atom is 0.257 e. The SMILES string of the molecule is CN(Cc1cc(Br)cs1)C(=O)c1cnn(-c2ccc(Cl)cc2)c1. The smallest absolute Gasteiger partial charge is 0.257 e. The van der Waals surface area contributed by atoms with Crippen LogP contribution in [0.5, 0.6) is 0 Å². The first kappa shape index (κ1) is 16.2. The topological polar surface area (TPSA) is 38.1 Å². The molecule has 23 heavy (non-hydrogen) atoms. The van der Waals surface area contributed by atoms with Crippen LogP contribution < -0.4 is 0 Å². The van der Waals surface area contributed by atoms with Crippen molar-refractivity contribution < 1.29 is 4.79 Å². The fraction of sp³-hybridized carbons (Fsp3) is 0.125. The van der Waals surface area contributed by atoms with E-state index in [1.165, 1.54) is 0 Å². The van der Waals surface area contributed by atoms with Gasteiger partial charge in [0.2, 0.25) is 0 Å². The molecule has 0 radical (unpaired) electrons. The number of aromatic nitrogens is 2. The Morgan fingerprint density at radius 3 is 2.78 bits per heavy atom. The van der Waals surface area contributed by atoms with Gasteiger partial charge in [-0.1, -0.05) is 11.6 Å². The van der Waals surface area contributed by atoms with E-state index in [9.17, 15) is 4.79 Å². The van der Waals surface area contributed by atoms with Crippen LogP contribution in [0.4, 0.5) is 0 Å². The van der Waals surface area contributed by atoms with Crippen LogP contribution >= 0.6 is 38.9 Å². The maximum absolute atomic E-state index is 12.5. The van der Waals surface area contributed by atoms with E-state index in [4.69, 9.17) is 11.6 Å². The molecule has 0 spiro atoms. The molecule has 0 aliphatic heterocycles. The summed E-state index contributed by atoms with van der Waals surface area (Å²) in [7, 11) is 1.79. The van der Waals surface area contributed by atoms with E-state index in [0.29, 0.717) is 17.1 Å². The summed E-state index contributed by atoms with van der Waals surface area (Å²) < 4.78 is 2.70. The molecule has 1 amide bonds. The summed E-state index contributed by atoms with van der Waals surface area (Å²) in [5.41, 5.74) is 1.41. The van der Waals surface area contributed by atoms with Gasteiger partial charge in [0, 0.05) is 33.0 Å². The minimum absolute atomic E-state index is 0.0604. The lowest BCUT2D eigenvalue weighted by Crippen LogP contribution is -2.25. The van der Waals surface area contributed by atoms with Crippen molar-refractivity contribution in [1.29, 1.82) is 0 Å². The number of carbonyl (C=O) groups is 1. The highest BCUT2D eigenvalue weighted by Gasteiger charge is 2.15. The van der Waals surface area contributed by atoms with Gasteiger partial charge in [0.05, 0.1) is 24.0 Å². The summed E-state index contributed by atoms with van der Waals surface area (Å²) in [6.07, 6.45) is 3.31. The summed E-state index contributed by atoms with van der Waals surface area (Å²) in [5.74, 6) is -0.0604. The minimum Gasteiger partial charge on any atom is -0.336 e. The maximum atomic E-state index is 12.5. The molecule has 0 fully saturated rings. The average Bonchev–Trinajstić information content (AvgIpc) is 3.16. The van der Waals surface area contributed by atoms with Crippen LogP contribution in [0.25, 0.3) is 5.69 Å². The minimum atomic E-state index is -0.0604. The van der Waals surface area contributed by atoms with Gasteiger partial charge in [0.1, 0.15) is 0 Å². The number of amides is 1. The second-order valence-electron chi connectivity index (χ2n) is 5.04. The fourth-order valence-electron chi connectivity index (χ4n) is 2.13. The Labute approximate surface area is 151 Å². The highest BCUT2D eigenvalue weighted by Crippen LogP contribution is 2.21. The van der Waals surface area contributed by atoms with Crippen LogP contribution in [-0.2, 0) is 6.54 Å². The van der Waals surface area contributed by atoms with E-state index in [1.807, 2.05) is 23.6 Å². The number of hydrogen-bond acceptors (Lipinski definition) is 3. The first-order valence-electron chi connectivity index (χ1n) is 6.82. The summed E-state index contributed by atoms with van der Waals surface area (Å²) in [4.78, 5) is 15.3. The third-order valence-corrected chi connectivity index (χ3v) is 5.22. The summed E-state index contributed by atoms with van der Waals surface area (Å²) in [6, 6.07) is 9.32. The molecule has 3 aromatic rings. The van der Waals surface area contributed by atoms with Gasteiger partial charge >= 0.3 is 0 Å². The molecule has 1 aromatic carbocycles. The Morgan fingerprint density at radius 1 is 1.39 bits per heavy atom. The van der Waals surface area contributed by atoms with Gasteiger partial charge in [-0.2, -0.15) is 5.10 Å². The molecule has 0 saturated heterocycles. The average molecular weight is 411 g/mol. The number of carbonyl (C=O) groups excluding carboxylic acids is 1. The fourth-order valence-corrected chi connectivity index (χ4v) is 3.76. The number of hydrogen-bond donors (Lipinski definition) is 0. The predicted octanol–water partition coefficient (Wildman–Crippen LogP) is 4.62. The highest BCUT2D eigenvalue weighted by atomic mass is 79.9. The first-order valence-corrected chi connectivity index (χ1v) is 8.87. The molecular weight excluding hydrogens is 398 g/mol. The van der Waals surface area contributed by atoms with Crippen molar-refractivity contribution in [2.45, 2.75) is 6.54 Å². The van der Waals surface area contributed by atoms with Crippen LogP contribution in [0, 0.1) is 0 Å². The molecule has 118 valence electrons. The van der Waals surface area contributed by atoms with Gasteiger partial charge in [-0.25, -0.2) is 4.68 Å². The molecule has 2 aromatic heterocycles. The third-order valence-electron chi connectivity index (χ3n) is 3.28. The number of thiophene rings is 1. The number of benzene rings is 1. The largest absolute Gasteiger partial charge is 0.336 e. The molecule has 3 rings (SSSR count). The molecule has 4 nitrogen and oxygen atoms in total. The molecule has 7 heteroatoms. The van der Waals surface area contributed by atoms with Crippen LogP contribution in [0.1, 0.15) is 15.2 Å². The second-order valence-corrected chi connectivity index (χ2v) is 7.39. The van der Waals surface area contributed by atoms with Gasteiger partial charge in [-0.05, 0) is 46.3 Å². The van der Waals surface area contributed by atoms with E-state index >= 15 is 0 Å². The zero-order valence-corrected chi connectivity index (χ0v) is 15.4. The van der Waals surface area contributed by atoms with Crippen molar-refractivity contribution >= 4 is 44.8 Å². The zero-order valence-electron chi connectivity index (χ0n) is 12.2. The van der Waals surface area contributed by atoms with Crippen molar-refractivity contribution in [2.24, 2.45) is 0 Å². The monoisotopic (exact) mass is 409 g/mol. The Morgan fingerprint density at radius 2 is 2.13 bits per heavy atom. The van der Waals surface area contributed by atoms with E-state index in [-0.39, 0.29) is 5.91 Å². The van der Waals surface area contributed by atoms with E-state index in [2.05, 4.69) is 21.0 Å². The molecule has 0 aliphatic carbocycles. The van der Waals surface area contributed by atoms with E-state index in [0.717, 1.165) is 15.0 Å². The number of rotatable bonds is 4. The van der Waals surface area contributed by atoms with Gasteiger partial charge in [0.25, 0.3) is 5.91 Å². The molecule has 0 atom stereocenters. The van der Waals surface area contributed by atoms with Gasteiger partial charge in [-0.3, -0.25) is 4.79 Å². The lowest BCUT2D eigenvalue weighted by atomic mass is 10.3. The van der Waals surface area contributed by atoms with Crippen LogP contribution in [0.15, 0.2) is 52.6 Å². The van der Waals surface area contributed by atoms with Crippen molar-refractivity contribution in [3.8, 4) is 5.69 Å². The zero-order chi connectivity index (χ0) is 16.4. The highest BCUT2D eigenvalue weighted by molar-refractivity contribution is 9.10. The standard InChI is InChI=1S/C16H13BrClN3OS/c1-20(9-15-6-12(17)10-23-15)16(22)11-7-19-21(8-11)14-4-2-13(18)3-5-14/h2-8,10H,9H2,1H3. The van der Waals surface area contributed by atoms with Crippen LogP contribution in [0.3, 0.4) is 0 Å². The van der Waals surface area contributed by atoms with E-state index < -0.39 is 0 Å². The van der Waals surface area contributed by atoms with Crippen molar-refractivity contribution in [3.05, 3.63) is 68.0 Å². The Hall–Kier alpha value is -1.63. The molecule has 0 N–H and O–H groups in total.